The van der Waals surface area contributed by atoms with Gasteiger partial charge in [-0.2, -0.15) is 0 Å². The maximum absolute atomic E-state index is 6.24. The molecule has 0 aliphatic heterocycles. The standard InChI is InChI=1S/C30H20ClN3/c31-24-15-17-25(18-16-24)34-28(22-11-5-2-6-12-22)19-23(21-9-3-1-4-10-21)20-29(34)30-32-26-13-7-8-14-27(26)33-30/h1-20H/p+1. The third-order valence-corrected chi connectivity index (χ3v) is 6.21. The van der Waals surface area contributed by atoms with Gasteiger partial charge in [-0.15, -0.1) is 4.57 Å². The van der Waals surface area contributed by atoms with Crippen LogP contribution in [0.15, 0.2) is 121 Å². The second-order valence-corrected chi connectivity index (χ2v) is 8.60. The number of aromatic nitrogens is 3. The van der Waals surface area contributed by atoms with Crippen LogP contribution in [0, 0.1) is 0 Å². The van der Waals surface area contributed by atoms with Crippen LogP contribution in [0.3, 0.4) is 0 Å². The van der Waals surface area contributed by atoms with Gasteiger partial charge in [0.25, 0.3) is 5.69 Å². The van der Waals surface area contributed by atoms with E-state index in [0.717, 1.165) is 50.6 Å². The van der Waals surface area contributed by atoms with Crippen LogP contribution < -0.4 is 4.57 Å². The molecule has 3 nitrogen and oxygen atoms in total. The van der Waals surface area contributed by atoms with E-state index in [-0.39, 0.29) is 0 Å². The van der Waals surface area contributed by atoms with Crippen molar-refractivity contribution < 1.29 is 4.57 Å². The molecule has 2 heterocycles. The highest BCUT2D eigenvalue weighted by Crippen LogP contribution is 2.30. The summed E-state index contributed by atoms with van der Waals surface area (Å²) in [6, 6.07) is 41.4. The predicted octanol–water partition coefficient (Wildman–Crippen LogP) is 7.49. The number of hydrogen-bond donors (Lipinski definition) is 1. The summed E-state index contributed by atoms with van der Waals surface area (Å²) < 4.78 is 2.25. The molecule has 0 saturated carbocycles. The number of rotatable bonds is 4. The van der Waals surface area contributed by atoms with Crippen molar-refractivity contribution >= 4 is 22.6 Å². The SMILES string of the molecule is Clc1ccc(-[n+]2c(-c3ccccc3)cc(-c3ccccc3)cc2-c2nc3ccccc3[nH]2)cc1. The zero-order valence-corrected chi connectivity index (χ0v) is 19.1. The molecule has 34 heavy (non-hydrogen) atoms. The Morgan fingerprint density at radius 2 is 1.21 bits per heavy atom. The van der Waals surface area contributed by atoms with Gasteiger partial charge < -0.3 is 4.98 Å². The molecule has 162 valence electrons. The Bertz CT molecular complexity index is 1550. The molecule has 0 atom stereocenters. The molecule has 2 aromatic heterocycles. The summed E-state index contributed by atoms with van der Waals surface area (Å²) in [5.74, 6) is 0.811. The minimum absolute atomic E-state index is 0.705. The van der Waals surface area contributed by atoms with Crippen LogP contribution in [0.1, 0.15) is 0 Å². The van der Waals surface area contributed by atoms with Crippen molar-refractivity contribution in [1.29, 1.82) is 0 Å². The summed E-state index contributed by atoms with van der Waals surface area (Å²) in [6.07, 6.45) is 0. The van der Waals surface area contributed by atoms with Crippen LogP contribution >= 0.6 is 11.6 Å². The van der Waals surface area contributed by atoms with E-state index >= 15 is 0 Å². The summed E-state index contributed by atoms with van der Waals surface area (Å²) in [5.41, 5.74) is 8.39. The Labute approximate surface area is 203 Å². The lowest BCUT2D eigenvalue weighted by Crippen LogP contribution is -2.36. The van der Waals surface area contributed by atoms with Gasteiger partial charge in [-0.05, 0) is 47.5 Å². The third kappa shape index (κ3) is 3.76. The molecular weight excluding hydrogens is 438 g/mol. The molecular formula is C30H21ClN3+. The van der Waals surface area contributed by atoms with E-state index in [2.05, 4.69) is 76.3 Å². The lowest BCUT2D eigenvalue weighted by Gasteiger charge is -2.11. The molecule has 0 fully saturated rings. The highest BCUT2D eigenvalue weighted by Gasteiger charge is 2.26. The van der Waals surface area contributed by atoms with Crippen LogP contribution in [0.5, 0.6) is 0 Å². The molecule has 0 saturated heterocycles. The number of nitrogens with one attached hydrogen (secondary N) is 1. The second-order valence-electron chi connectivity index (χ2n) is 8.16. The van der Waals surface area contributed by atoms with Crippen molar-refractivity contribution in [2.24, 2.45) is 0 Å². The number of halogens is 1. The minimum atomic E-state index is 0.705. The zero-order valence-electron chi connectivity index (χ0n) is 18.3. The van der Waals surface area contributed by atoms with Crippen LogP contribution in [-0.2, 0) is 0 Å². The maximum atomic E-state index is 6.24. The van der Waals surface area contributed by atoms with E-state index < -0.39 is 0 Å². The maximum Gasteiger partial charge on any atom is 0.255 e. The molecule has 6 rings (SSSR count). The largest absolute Gasteiger partial charge is 0.333 e. The lowest BCUT2D eigenvalue weighted by atomic mass is 10.0. The van der Waals surface area contributed by atoms with E-state index in [0.29, 0.717) is 5.02 Å². The third-order valence-electron chi connectivity index (χ3n) is 5.96. The van der Waals surface area contributed by atoms with Gasteiger partial charge in [0.05, 0.1) is 11.0 Å². The fourth-order valence-corrected chi connectivity index (χ4v) is 4.46. The highest BCUT2D eigenvalue weighted by molar-refractivity contribution is 6.30. The highest BCUT2D eigenvalue weighted by atomic mass is 35.5. The van der Waals surface area contributed by atoms with E-state index in [4.69, 9.17) is 16.6 Å². The van der Waals surface area contributed by atoms with Gasteiger partial charge in [-0.3, -0.25) is 0 Å². The summed E-state index contributed by atoms with van der Waals surface area (Å²) >= 11 is 6.24. The number of nitrogens with zero attached hydrogens (tertiary/aromatic N) is 2. The van der Waals surface area contributed by atoms with Crippen molar-refractivity contribution in [3.8, 4) is 39.6 Å². The normalized spacial score (nSPS) is 11.1. The Morgan fingerprint density at radius 1 is 0.588 bits per heavy atom. The second kappa shape index (κ2) is 8.62. The average molecular weight is 459 g/mol. The van der Waals surface area contributed by atoms with Gasteiger partial charge in [0.15, 0.2) is 0 Å². The van der Waals surface area contributed by atoms with Crippen LogP contribution in [0.25, 0.3) is 50.6 Å². The summed E-state index contributed by atoms with van der Waals surface area (Å²) in [5, 5.41) is 0.705. The molecule has 0 bridgehead atoms. The number of imidazole rings is 1. The molecule has 1 N–H and O–H groups in total. The smallest absolute Gasteiger partial charge is 0.255 e. The van der Waals surface area contributed by atoms with E-state index in [1.807, 2.05) is 54.6 Å². The molecule has 0 aliphatic carbocycles. The first-order chi connectivity index (χ1) is 16.8. The monoisotopic (exact) mass is 458 g/mol. The van der Waals surface area contributed by atoms with Crippen molar-refractivity contribution in [2.45, 2.75) is 0 Å². The molecule has 4 heteroatoms. The minimum Gasteiger partial charge on any atom is -0.333 e. The van der Waals surface area contributed by atoms with Crippen molar-refractivity contribution in [1.82, 2.24) is 9.97 Å². The Kier molecular flexibility index (Phi) is 5.17. The Morgan fingerprint density at radius 3 is 1.91 bits per heavy atom. The van der Waals surface area contributed by atoms with Crippen molar-refractivity contribution in [2.75, 3.05) is 0 Å². The number of para-hydroxylation sites is 2. The van der Waals surface area contributed by atoms with Gasteiger partial charge in [0.1, 0.15) is 0 Å². The van der Waals surface area contributed by atoms with E-state index in [9.17, 15) is 0 Å². The zero-order chi connectivity index (χ0) is 22.9. The number of fused-ring (bicyclic) bond motifs is 1. The number of hydrogen-bond acceptors (Lipinski definition) is 1. The quantitative estimate of drug-likeness (QED) is 0.272. The van der Waals surface area contributed by atoms with Crippen LogP contribution in [0.2, 0.25) is 5.02 Å². The topological polar surface area (TPSA) is 32.6 Å². The summed E-state index contributed by atoms with van der Waals surface area (Å²) in [4.78, 5) is 8.49. The van der Waals surface area contributed by atoms with Crippen LogP contribution in [-0.4, -0.2) is 9.97 Å². The summed E-state index contributed by atoms with van der Waals surface area (Å²) in [7, 11) is 0. The fourth-order valence-electron chi connectivity index (χ4n) is 4.33. The Hall–Kier alpha value is -4.21. The number of benzene rings is 4. The first kappa shape index (κ1) is 20.4. The van der Waals surface area contributed by atoms with Crippen molar-refractivity contribution in [3.63, 3.8) is 0 Å². The molecule has 0 aliphatic rings. The molecule has 0 radical (unpaired) electrons. The summed E-state index contributed by atoms with van der Waals surface area (Å²) in [6.45, 7) is 0. The van der Waals surface area contributed by atoms with Gasteiger partial charge in [-0.1, -0.05) is 72.3 Å². The van der Waals surface area contributed by atoms with Gasteiger partial charge in [0.2, 0.25) is 17.2 Å². The number of aromatic amines is 1. The average Bonchev–Trinajstić information content (AvgIpc) is 3.34. The van der Waals surface area contributed by atoms with Crippen LogP contribution in [0.4, 0.5) is 0 Å². The van der Waals surface area contributed by atoms with Gasteiger partial charge in [-0.25, -0.2) is 4.98 Å². The molecule has 0 amide bonds. The van der Waals surface area contributed by atoms with Crippen molar-refractivity contribution in [3.05, 3.63) is 126 Å². The first-order valence-corrected chi connectivity index (χ1v) is 11.6. The lowest BCUT2D eigenvalue weighted by molar-refractivity contribution is -0.572. The molecule has 0 spiro atoms. The predicted molar refractivity (Wildman–Crippen MR) is 139 cm³/mol. The number of H-pyrrole nitrogens is 1. The van der Waals surface area contributed by atoms with E-state index in [1.165, 1.54) is 0 Å². The van der Waals surface area contributed by atoms with E-state index in [1.54, 1.807) is 0 Å². The Balaban J connectivity index is 1.71. The molecule has 6 aromatic rings. The number of pyridine rings is 1. The fraction of sp³-hybridized carbons (Fsp3) is 0. The molecule has 0 unspecified atom stereocenters. The molecule has 4 aromatic carbocycles. The van der Waals surface area contributed by atoms with Gasteiger partial charge in [0, 0.05) is 34.9 Å². The van der Waals surface area contributed by atoms with Gasteiger partial charge >= 0.3 is 0 Å². The first-order valence-electron chi connectivity index (χ1n) is 11.2.